The van der Waals surface area contributed by atoms with Crippen LogP contribution in [0.4, 0.5) is 10.9 Å². The molecule has 3 rings (SSSR count). The number of nitrogens with one attached hydrogen (secondary N) is 1. The molecule has 2 aromatic rings. The number of ether oxygens (including phenoxy) is 2. The van der Waals surface area contributed by atoms with Gasteiger partial charge in [0.1, 0.15) is 22.4 Å². The number of nitriles is 1. The van der Waals surface area contributed by atoms with Crippen LogP contribution in [-0.4, -0.2) is 44.8 Å². The largest absolute Gasteiger partial charge is 0.462 e. The van der Waals surface area contributed by atoms with Crippen molar-refractivity contribution in [1.29, 1.82) is 5.26 Å². The van der Waals surface area contributed by atoms with Crippen LogP contribution in [0, 0.1) is 25.2 Å². The molecular weight excluding hydrogens is 486 g/mol. The molecule has 0 aliphatic carbocycles. The molecule has 0 spiro atoms. The van der Waals surface area contributed by atoms with Gasteiger partial charge in [-0.15, -0.1) is 11.3 Å². The molecule has 1 amide bonds. The van der Waals surface area contributed by atoms with E-state index in [0.717, 1.165) is 14.9 Å². The van der Waals surface area contributed by atoms with Crippen LogP contribution >= 0.6 is 27.3 Å². The first-order valence-electron chi connectivity index (χ1n) is 9.68. The Hall–Kier alpha value is -2.61. The summed E-state index contributed by atoms with van der Waals surface area (Å²) in [5.41, 5.74) is 0.907. The first-order chi connectivity index (χ1) is 14.8. The van der Waals surface area contributed by atoms with Crippen molar-refractivity contribution in [3.63, 3.8) is 0 Å². The van der Waals surface area contributed by atoms with Gasteiger partial charge >= 0.3 is 5.97 Å². The van der Waals surface area contributed by atoms with E-state index in [0.29, 0.717) is 48.5 Å². The molecule has 0 unspecified atom stereocenters. The van der Waals surface area contributed by atoms with Gasteiger partial charge in [-0.2, -0.15) is 5.26 Å². The highest BCUT2D eigenvalue weighted by molar-refractivity contribution is 9.10. The second-order valence-corrected chi connectivity index (χ2v) is 8.81. The van der Waals surface area contributed by atoms with E-state index in [4.69, 9.17) is 13.9 Å². The minimum absolute atomic E-state index is 0.145. The lowest BCUT2D eigenvalue weighted by Crippen LogP contribution is -2.36. The number of carbonyl (C=O) groups is 2. The first kappa shape index (κ1) is 23.1. The first-order valence-corrected chi connectivity index (χ1v) is 11.3. The van der Waals surface area contributed by atoms with Crippen molar-refractivity contribution in [2.45, 2.75) is 20.8 Å². The second-order valence-electron chi connectivity index (χ2n) is 6.73. The van der Waals surface area contributed by atoms with Gasteiger partial charge in [0.2, 0.25) is 5.88 Å². The summed E-state index contributed by atoms with van der Waals surface area (Å²) in [6, 6.07) is 3.61. The van der Waals surface area contributed by atoms with Gasteiger partial charge in [-0.3, -0.25) is 4.79 Å². The Labute approximate surface area is 192 Å². The van der Waals surface area contributed by atoms with E-state index in [1.54, 1.807) is 19.9 Å². The number of nitrogens with zero attached hydrogens (tertiary/aromatic N) is 2. The summed E-state index contributed by atoms with van der Waals surface area (Å²) in [6.07, 6.45) is 1.38. The summed E-state index contributed by atoms with van der Waals surface area (Å²) in [4.78, 5) is 28.0. The molecule has 2 aromatic heterocycles. The molecule has 0 aromatic carbocycles. The van der Waals surface area contributed by atoms with Crippen molar-refractivity contribution < 1.29 is 23.5 Å². The Kier molecular flexibility index (Phi) is 7.54. The van der Waals surface area contributed by atoms with E-state index in [2.05, 4.69) is 21.2 Å². The van der Waals surface area contributed by atoms with Crippen LogP contribution < -0.4 is 10.2 Å². The van der Waals surface area contributed by atoms with Gasteiger partial charge in [0, 0.05) is 30.1 Å². The number of halogens is 1. The van der Waals surface area contributed by atoms with Crippen LogP contribution in [0.15, 0.2) is 20.5 Å². The molecule has 1 aliphatic heterocycles. The van der Waals surface area contributed by atoms with Gasteiger partial charge < -0.3 is 24.1 Å². The van der Waals surface area contributed by atoms with Gasteiger partial charge in [0.25, 0.3) is 5.91 Å². The predicted molar refractivity (Wildman–Crippen MR) is 121 cm³/mol. The number of anilines is 2. The Balaban J connectivity index is 1.83. The van der Waals surface area contributed by atoms with Crippen molar-refractivity contribution in [3.8, 4) is 6.07 Å². The smallest absolute Gasteiger partial charge is 0.341 e. The third-order valence-corrected chi connectivity index (χ3v) is 6.42. The molecule has 1 N–H and O–H groups in total. The minimum Gasteiger partial charge on any atom is -0.462 e. The zero-order valence-electron chi connectivity index (χ0n) is 17.4. The lowest BCUT2D eigenvalue weighted by Gasteiger charge is -2.26. The van der Waals surface area contributed by atoms with Crippen molar-refractivity contribution >= 4 is 56.1 Å². The number of hydrogen-bond acceptors (Lipinski definition) is 8. The molecule has 8 nitrogen and oxygen atoms in total. The van der Waals surface area contributed by atoms with Crippen molar-refractivity contribution in [2.75, 3.05) is 43.1 Å². The fraction of sp³-hybridized carbons (Fsp3) is 0.381. The number of hydrogen-bond donors (Lipinski definition) is 1. The molecule has 0 saturated carbocycles. The van der Waals surface area contributed by atoms with Crippen molar-refractivity contribution in [3.05, 3.63) is 37.9 Å². The van der Waals surface area contributed by atoms with Crippen LogP contribution in [0.1, 0.15) is 33.5 Å². The fourth-order valence-electron chi connectivity index (χ4n) is 3.06. The normalized spacial score (nSPS) is 14.3. The summed E-state index contributed by atoms with van der Waals surface area (Å²) in [6.45, 7) is 8.17. The monoisotopic (exact) mass is 507 g/mol. The van der Waals surface area contributed by atoms with E-state index in [9.17, 15) is 14.9 Å². The minimum atomic E-state index is -0.630. The number of amides is 1. The predicted octanol–water partition coefficient (Wildman–Crippen LogP) is 4.28. The average molecular weight is 508 g/mol. The molecule has 3 heterocycles. The van der Waals surface area contributed by atoms with E-state index < -0.39 is 11.9 Å². The van der Waals surface area contributed by atoms with Gasteiger partial charge in [0.05, 0.1) is 29.9 Å². The number of aryl methyl sites for hydroxylation is 1. The summed E-state index contributed by atoms with van der Waals surface area (Å²) in [5, 5.41) is 12.6. The lowest BCUT2D eigenvalue weighted by atomic mass is 10.1. The summed E-state index contributed by atoms with van der Waals surface area (Å²) >= 11 is 4.73. The van der Waals surface area contributed by atoms with Crippen LogP contribution in [0.2, 0.25) is 0 Å². The van der Waals surface area contributed by atoms with Gasteiger partial charge in [-0.1, -0.05) is 0 Å². The fourth-order valence-corrected chi connectivity index (χ4v) is 4.66. The van der Waals surface area contributed by atoms with Crippen LogP contribution in [0.3, 0.4) is 0 Å². The SMILES string of the molecule is CCOC(=O)c1c(NC(=O)/C(C#N)=C/c2cc(Br)c(N3CCOCC3)o2)sc(C)c1C. The molecule has 1 saturated heterocycles. The van der Waals surface area contributed by atoms with Gasteiger partial charge in [-0.25, -0.2) is 4.79 Å². The highest BCUT2D eigenvalue weighted by Crippen LogP contribution is 2.34. The zero-order valence-corrected chi connectivity index (χ0v) is 19.8. The lowest BCUT2D eigenvalue weighted by molar-refractivity contribution is -0.112. The van der Waals surface area contributed by atoms with Crippen molar-refractivity contribution in [1.82, 2.24) is 0 Å². The third kappa shape index (κ3) is 5.18. The molecule has 0 radical (unpaired) electrons. The molecule has 164 valence electrons. The van der Waals surface area contributed by atoms with Crippen molar-refractivity contribution in [2.24, 2.45) is 0 Å². The van der Waals surface area contributed by atoms with Crippen LogP contribution in [0.25, 0.3) is 6.08 Å². The van der Waals surface area contributed by atoms with Crippen LogP contribution in [-0.2, 0) is 14.3 Å². The van der Waals surface area contributed by atoms with E-state index in [-0.39, 0.29) is 12.2 Å². The topological polar surface area (TPSA) is 105 Å². The standard InChI is InChI=1S/C21H22BrN3O5S/c1-4-29-21(27)17-12(2)13(3)31-19(17)24-18(26)14(11-23)9-15-10-16(22)20(30-15)25-5-7-28-8-6-25/h9-10H,4-8H2,1-3H3,(H,24,26)/b14-9+. The Morgan fingerprint density at radius 3 is 2.74 bits per heavy atom. The Morgan fingerprint density at radius 1 is 1.39 bits per heavy atom. The summed E-state index contributed by atoms with van der Waals surface area (Å²) in [5.74, 6) is -0.146. The maximum Gasteiger partial charge on any atom is 0.341 e. The van der Waals surface area contributed by atoms with E-state index in [1.807, 2.05) is 17.9 Å². The number of esters is 1. The number of carbonyl (C=O) groups excluding carboxylic acids is 2. The number of morpholine rings is 1. The number of rotatable bonds is 6. The summed E-state index contributed by atoms with van der Waals surface area (Å²) in [7, 11) is 0. The molecule has 0 atom stereocenters. The second kappa shape index (κ2) is 10.1. The Morgan fingerprint density at radius 2 is 2.10 bits per heavy atom. The average Bonchev–Trinajstić information content (AvgIpc) is 3.25. The molecule has 31 heavy (non-hydrogen) atoms. The molecular formula is C21H22BrN3O5S. The maximum atomic E-state index is 12.8. The number of furan rings is 1. The number of thiophene rings is 1. The quantitative estimate of drug-likeness (QED) is 0.353. The molecule has 1 fully saturated rings. The third-order valence-electron chi connectivity index (χ3n) is 4.73. The van der Waals surface area contributed by atoms with E-state index in [1.165, 1.54) is 17.4 Å². The van der Waals surface area contributed by atoms with E-state index >= 15 is 0 Å². The summed E-state index contributed by atoms with van der Waals surface area (Å²) < 4.78 is 17.0. The molecule has 0 bridgehead atoms. The van der Waals surface area contributed by atoms with Gasteiger partial charge in [-0.05, 0) is 42.3 Å². The Bertz CT molecular complexity index is 1060. The zero-order chi connectivity index (χ0) is 22.5. The van der Waals surface area contributed by atoms with Gasteiger partial charge in [0.15, 0.2) is 0 Å². The molecule has 10 heteroatoms. The maximum absolute atomic E-state index is 12.8. The van der Waals surface area contributed by atoms with Crippen LogP contribution in [0.5, 0.6) is 0 Å². The highest BCUT2D eigenvalue weighted by atomic mass is 79.9. The highest BCUT2D eigenvalue weighted by Gasteiger charge is 2.24. The molecule has 1 aliphatic rings.